The molecule has 23 heavy (non-hydrogen) atoms. The first-order valence-corrected chi connectivity index (χ1v) is 8.50. The molecule has 2 unspecified atom stereocenters. The van der Waals surface area contributed by atoms with Crippen molar-refractivity contribution in [3.05, 3.63) is 47.2 Å². The van der Waals surface area contributed by atoms with Gasteiger partial charge in [-0.15, -0.1) is 0 Å². The minimum Gasteiger partial charge on any atom is -0.451 e. The van der Waals surface area contributed by atoms with E-state index in [2.05, 4.69) is 5.32 Å². The lowest BCUT2D eigenvalue weighted by Gasteiger charge is -2.26. The molecular weight excluding hydrogens is 312 g/mol. The third-order valence-corrected chi connectivity index (χ3v) is 5.17. The quantitative estimate of drug-likeness (QED) is 0.915. The first kappa shape index (κ1) is 14.8. The Morgan fingerprint density at radius 1 is 1.13 bits per heavy atom. The monoisotopic (exact) mass is 330 g/mol. The van der Waals surface area contributed by atoms with E-state index in [1.54, 1.807) is 6.07 Å². The molecule has 1 N–H and O–H groups in total. The van der Waals surface area contributed by atoms with Gasteiger partial charge in [0, 0.05) is 24.2 Å². The summed E-state index contributed by atoms with van der Waals surface area (Å²) in [6.07, 6.45) is 3.18. The van der Waals surface area contributed by atoms with Gasteiger partial charge in [0.05, 0.1) is 5.02 Å². The molecule has 2 saturated heterocycles. The molecule has 120 valence electrons. The van der Waals surface area contributed by atoms with Crippen LogP contribution in [-0.4, -0.2) is 36.0 Å². The Balaban J connectivity index is 1.62. The molecule has 4 nitrogen and oxygen atoms in total. The van der Waals surface area contributed by atoms with Gasteiger partial charge in [0.1, 0.15) is 5.76 Å². The minimum absolute atomic E-state index is 0.000460. The number of nitrogens with one attached hydrogen (secondary N) is 1. The maximum Gasteiger partial charge on any atom is 0.290 e. The lowest BCUT2D eigenvalue weighted by molar-refractivity contribution is 0.0648. The molecule has 2 atom stereocenters. The van der Waals surface area contributed by atoms with Crippen LogP contribution in [0.4, 0.5) is 0 Å². The van der Waals surface area contributed by atoms with E-state index in [9.17, 15) is 4.79 Å². The van der Waals surface area contributed by atoms with E-state index in [4.69, 9.17) is 16.0 Å². The summed E-state index contributed by atoms with van der Waals surface area (Å²) in [6.45, 7) is 1.86. The normalized spacial score (nSPS) is 23.8. The topological polar surface area (TPSA) is 45.5 Å². The van der Waals surface area contributed by atoms with E-state index >= 15 is 0 Å². The van der Waals surface area contributed by atoms with E-state index in [1.165, 1.54) is 0 Å². The zero-order chi connectivity index (χ0) is 15.8. The summed E-state index contributed by atoms with van der Waals surface area (Å²) in [5.74, 6) is 1.04. The van der Waals surface area contributed by atoms with Crippen molar-refractivity contribution >= 4 is 17.5 Å². The molecule has 3 heterocycles. The lowest BCUT2D eigenvalue weighted by Crippen LogP contribution is -2.42. The Morgan fingerprint density at radius 3 is 2.83 bits per heavy atom. The van der Waals surface area contributed by atoms with Gasteiger partial charge in [0.2, 0.25) is 0 Å². The lowest BCUT2D eigenvalue weighted by atomic mass is 10.1. The third-order valence-electron chi connectivity index (χ3n) is 4.84. The fraction of sp³-hybridized carbons (Fsp3) is 0.389. The van der Waals surface area contributed by atoms with Crippen LogP contribution in [0, 0.1) is 0 Å². The number of hydrogen-bond acceptors (Lipinski definition) is 3. The maximum atomic E-state index is 12.9. The highest BCUT2D eigenvalue weighted by Gasteiger charge is 2.39. The van der Waals surface area contributed by atoms with Crippen LogP contribution in [0.15, 0.2) is 40.8 Å². The number of rotatable bonds is 2. The summed E-state index contributed by atoms with van der Waals surface area (Å²) in [4.78, 5) is 14.9. The second-order valence-electron chi connectivity index (χ2n) is 6.23. The van der Waals surface area contributed by atoms with Crippen molar-refractivity contribution in [3.63, 3.8) is 0 Å². The molecule has 0 spiro atoms. The number of carbonyl (C=O) groups is 1. The number of halogens is 1. The Hall–Kier alpha value is -1.78. The van der Waals surface area contributed by atoms with Crippen molar-refractivity contribution in [1.82, 2.24) is 10.2 Å². The number of hydrogen-bond donors (Lipinski definition) is 1. The van der Waals surface area contributed by atoms with Crippen LogP contribution in [0.2, 0.25) is 5.02 Å². The summed E-state index contributed by atoms with van der Waals surface area (Å²) in [5, 5.41) is 4.04. The molecule has 1 aromatic carbocycles. The average molecular weight is 331 g/mol. The molecule has 1 aromatic heterocycles. The van der Waals surface area contributed by atoms with Gasteiger partial charge < -0.3 is 14.6 Å². The Morgan fingerprint density at radius 2 is 1.96 bits per heavy atom. The van der Waals surface area contributed by atoms with Crippen molar-refractivity contribution in [1.29, 1.82) is 0 Å². The van der Waals surface area contributed by atoms with Crippen molar-refractivity contribution in [3.8, 4) is 11.3 Å². The standard InChI is InChI=1S/C18H19ClN2O2/c19-15-4-2-1-3-14(15)16-7-8-17(23-16)18(22)21-12-5-6-13(21)11-20-10-9-12/h1-4,7-8,12-13,20H,5-6,9-11H2. The first-order chi connectivity index (χ1) is 11.2. The fourth-order valence-corrected chi connectivity index (χ4v) is 3.93. The SMILES string of the molecule is O=C(c1ccc(-c2ccccc2Cl)o1)N1C2CCNCC1CC2. The first-order valence-electron chi connectivity index (χ1n) is 8.12. The van der Waals surface area contributed by atoms with Crippen LogP contribution in [0.1, 0.15) is 29.8 Å². The van der Waals surface area contributed by atoms with Crippen LogP contribution >= 0.6 is 11.6 Å². The van der Waals surface area contributed by atoms with E-state index in [1.807, 2.05) is 35.2 Å². The maximum absolute atomic E-state index is 12.9. The second-order valence-corrected chi connectivity index (χ2v) is 6.64. The van der Waals surface area contributed by atoms with Gasteiger partial charge in [-0.05, 0) is 50.1 Å². The summed E-state index contributed by atoms with van der Waals surface area (Å²) in [5.41, 5.74) is 0.814. The zero-order valence-corrected chi connectivity index (χ0v) is 13.6. The Bertz CT molecular complexity index is 713. The number of amides is 1. The fourth-order valence-electron chi connectivity index (χ4n) is 3.70. The molecular formula is C18H19ClN2O2. The molecule has 4 rings (SSSR count). The number of furan rings is 1. The molecule has 1 amide bonds. The van der Waals surface area contributed by atoms with Crippen molar-refractivity contribution in [2.45, 2.75) is 31.3 Å². The predicted octanol–water partition coefficient (Wildman–Crippen LogP) is 3.57. The molecule has 2 fully saturated rings. The molecule has 5 heteroatoms. The Kier molecular flexibility index (Phi) is 3.87. The number of fused-ring (bicyclic) bond motifs is 2. The summed E-state index contributed by atoms with van der Waals surface area (Å²) < 4.78 is 5.83. The van der Waals surface area contributed by atoms with Crippen LogP contribution < -0.4 is 5.32 Å². The molecule has 2 aromatic rings. The van der Waals surface area contributed by atoms with Gasteiger partial charge in [-0.3, -0.25) is 4.79 Å². The van der Waals surface area contributed by atoms with Crippen LogP contribution in [0.5, 0.6) is 0 Å². The van der Waals surface area contributed by atoms with E-state index in [0.717, 1.165) is 37.9 Å². The number of benzene rings is 1. The van der Waals surface area contributed by atoms with Gasteiger partial charge >= 0.3 is 0 Å². The number of carbonyl (C=O) groups excluding carboxylic acids is 1. The number of nitrogens with zero attached hydrogens (tertiary/aromatic N) is 1. The molecule has 2 aliphatic heterocycles. The van der Waals surface area contributed by atoms with Crippen molar-refractivity contribution < 1.29 is 9.21 Å². The summed E-state index contributed by atoms with van der Waals surface area (Å²) >= 11 is 6.21. The van der Waals surface area contributed by atoms with Crippen LogP contribution in [-0.2, 0) is 0 Å². The van der Waals surface area contributed by atoms with Crippen molar-refractivity contribution in [2.24, 2.45) is 0 Å². The van der Waals surface area contributed by atoms with E-state index in [0.29, 0.717) is 22.6 Å². The van der Waals surface area contributed by atoms with E-state index < -0.39 is 0 Å². The van der Waals surface area contributed by atoms with Crippen LogP contribution in [0.25, 0.3) is 11.3 Å². The average Bonchev–Trinajstić information content (AvgIpc) is 3.11. The third kappa shape index (κ3) is 2.66. The molecule has 0 radical (unpaired) electrons. The van der Waals surface area contributed by atoms with Gasteiger partial charge in [-0.25, -0.2) is 0 Å². The minimum atomic E-state index is -0.000460. The zero-order valence-electron chi connectivity index (χ0n) is 12.8. The smallest absolute Gasteiger partial charge is 0.290 e. The predicted molar refractivity (Wildman–Crippen MR) is 89.6 cm³/mol. The summed E-state index contributed by atoms with van der Waals surface area (Å²) in [6, 6.07) is 11.7. The highest BCUT2D eigenvalue weighted by Crippen LogP contribution is 2.32. The van der Waals surface area contributed by atoms with Crippen molar-refractivity contribution in [2.75, 3.05) is 13.1 Å². The highest BCUT2D eigenvalue weighted by atomic mass is 35.5. The molecule has 0 aliphatic carbocycles. The van der Waals surface area contributed by atoms with Gasteiger partial charge in [0.15, 0.2) is 5.76 Å². The Labute approximate surface area is 140 Å². The largest absolute Gasteiger partial charge is 0.451 e. The van der Waals surface area contributed by atoms with Gasteiger partial charge in [-0.1, -0.05) is 23.7 Å². The molecule has 0 saturated carbocycles. The second kappa shape index (κ2) is 6.02. The van der Waals surface area contributed by atoms with Gasteiger partial charge in [0.25, 0.3) is 5.91 Å². The molecule has 2 bridgehead atoms. The van der Waals surface area contributed by atoms with Crippen LogP contribution in [0.3, 0.4) is 0 Å². The van der Waals surface area contributed by atoms with Gasteiger partial charge in [-0.2, -0.15) is 0 Å². The van der Waals surface area contributed by atoms with E-state index in [-0.39, 0.29) is 11.9 Å². The highest BCUT2D eigenvalue weighted by molar-refractivity contribution is 6.33. The molecule has 2 aliphatic rings. The summed E-state index contributed by atoms with van der Waals surface area (Å²) in [7, 11) is 0.